The van der Waals surface area contributed by atoms with E-state index in [1.54, 1.807) is 0 Å². The highest BCUT2D eigenvalue weighted by atomic mass is 35.5. The number of aryl methyl sites for hydroxylation is 1. The van der Waals surface area contributed by atoms with Gasteiger partial charge in [-0.15, -0.1) is 37.2 Å². The number of halogens is 3. The first kappa shape index (κ1) is 28.3. The maximum Gasteiger partial charge on any atom is 0.220 e. The van der Waals surface area contributed by atoms with Gasteiger partial charge < -0.3 is 16.0 Å². The Balaban J connectivity index is 0.00000261. The van der Waals surface area contributed by atoms with Crippen LogP contribution in [0.5, 0.6) is 0 Å². The first-order valence-electron chi connectivity index (χ1n) is 10.1. The van der Waals surface area contributed by atoms with Gasteiger partial charge >= 0.3 is 0 Å². The minimum absolute atomic E-state index is 0. The molecule has 0 unspecified atom stereocenters. The van der Waals surface area contributed by atoms with E-state index < -0.39 is 0 Å². The molecule has 5 nitrogen and oxygen atoms in total. The van der Waals surface area contributed by atoms with Gasteiger partial charge in [-0.25, -0.2) is 0 Å². The van der Waals surface area contributed by atoms with Gasteiger partial charge in [0, 0.05) is 24.2 Å². The minimum Gasteiger partial charge on any atom is -0.399 e. The normalized spacial score (nSPS) is 19.2. The molecule has 3 rings (SSSR count). The standard InChI is InChI=1S/C21H34N4O.3ClH/c1-24-15-11-21(12-16-24,25-13-5-2-6-14-25)17-23-20(26)10-9-18-7-3-4-8-19(18)22;;;/h3-4,7-8H,2,5-6,9-17,22H2,1H3,(H,23,26);3*1H. The van der Waals surface area contributed by atoms with Gasteiger partial charge in [0.1, 0.15) is 0 Å². The number of nitrogens with zero attached hydrogens (tertiary/aromatic N) is 2. The quantitative estimate of drug-likeness (QED) is 0.628. The van der Waals surface area contributed by atoms with Gasteiger partial charge in [0.15, 0.2) is 0 Å². The maximum absolute atomic E-state index is 12.5. The molecule has 168 valence electrons. The molecular weight excluding hydrogens is 431 g/mol. The first-order chi connectivity index (χ1) is 12.6. The Morgan fingerprint density at radius 2 is 1.66 bits per heavy atom. The minimum atomic E-state index is 0. The third kappa shape index (κ3) is 7.80. The van der Waals surface area contributed by atoms with Crippen LogP contribution in [-0.2, 0) is 11.2 Å². The Labute approximate surface area is 194 Å². The summed E-state index contributed by atoms with van der Waals surface area (Å²) in [4.78, 5) is 17.5. The summed E-state index contributed by atoms with van der Waals surface area (Å²) in [6.45, 7) is 5.38. The van der Waals surface area contributed by atoms with Gasteiger partial charge in [-0.1, -0.05) is 24.6 Å². The first-order valence-corrected chi connectivity index (χ1v) is 10.1. The van der Waals surface area contributed by atoms with Crippen LogP contribution in [0, 0.1) is 0 Å². The summed E-state index contributed by atoms with van der Waals surface area (Å²) in [7, 11) is 2.20. The van der Waals surface area contributed by atoms with E-state index >= 15 is 0 Å². The molecule has 2 fully saturated rings. The van der Waals surface area contributed by atoms with Crippen molar-refractivity contribution >= 4 is 48.8 Å². The van der Waals surface area contributed by atoms with Crippen LogP contribution in [0.2, 0.25) is 0 Å². The molecule has 1 amide bonds. The average Bonchev–Trinajstić information content (AvgIpc) is 2.68. The number of nitrogens with one attached hydrogen (secondary N) is 1. The number of carbonyl (C=O) groups excluding carboxylic acids is 1. The number of anilines is 1. The number of hydrogen-bond acceptors (Lipinski definition) is 4. The zero-order chi connectivity index (χ0) is 18.4. The van der Waals surface area contributed by atoms with Crippen LogP contribution in [0.25, 0.3) is 0 Å². The highest BCUT2D eigenvalue weighted by Crippen LogP contribution is 2.30. The van der Waals surface area contributed by atoms with Crippen molar-refractivity contribution in [2.24, 2.45) is 0 Å². The van der Waals surface area contributed by atoms with Crippen LogP contribution < -0.4 is 11.1 Å². The predicted molar refractivity (Wildman–Crippen MR) is 129 cm³/mol. The zero-order valence-corrected chi connectivity index (χ0v) is 19.8. The number of amides is 1. The number of benzene rings is 1. The van der Waals surface area contributed by atoms with Crippen molar-refractivity contribution in [2.45, 2.75) is 50.5 Å². The van der Waals surface area contributed by atoms with Gasteiger partial charge in [0.25, 0.3) is 0 Å². The number of para-hydroxylation sites is 1. The highest BCUT2D eigenvalue weighted by Gasteiger charge is 2.39. The summed E-state index contributed by atoms with van der Waals surface area (Å²) in [5.74, 6) is 0.142. The molecular formula is C21H37Cl3N4O. The lowest BCUT2D eigenvalue weighted by atomic mass is 9.84. The Bertz CT molecular complexity index is 603. The van der Waals surface area contributed by atoms with Crippen LogP contribution >= 0.6 is 37.2 Å². The smallest absolute Gasteiger partial charge is 0.220 e. The lowest BCUT2D eigenvalue weighted by Crippen LogP contribution is -2.61. The number of hydrogen-bond donors (Lipinski definition) is 2. The summed E-state index contributed by atoms with van der Waals surface area (Å²) >= 11 is 0. The SMILES string of the molecule is CN1CCC(CNC(=O)CCc2ccccc2N)(N2CCCCC2)CC1.Cl.Cl.Cl. The molecule has 0 radical (unpaired) electrons. The molecule has 0 aromatic heterocycles. The summed E-state index contributed by atoms with van der Waals surface area (Å²) in [5, 5.41) is 3.26. The Morgan fingerprint density at radius 3 is 2.28 bits per heavy atom. The Hall–Kier alpha value is -0.720. The van der Waals surface area contributed by atoms with Gasteiger partial charge in [0.2, 0.25) is 5.91 Å². The van der Waals surface area contributed by atoms with Crippen molar-refractivity contribution in [2.75, 3.05) is 45.5 Å². The van der Waals surface area contributed by atoms with E-state index in [1.807, 2.05) is 24.3 Å². The molecule has 0 aliphatic carbocycles. The number of carbonyl (C=O) groups is 1. The number of nitrogen functional groups attached to an aromatic ring is 1. The van der Waals surface area contributed by atoms with Gasteiger partial charge in [-0.05, 0) is 77.0 Å². The van der Waals surface area contributed by atoms with E-state index in [0.717, 1.165) is 43.7 Å². The lowest BCUT2D eigenvalue weighted by Gasteiger charge is -2.50. The average molecular weight is 468 g/mol. The van der Waals surface area contributed by atoms with Crippen LogP contribution in [0.4, 0.5) is 5.69 Å². The van der Waals surface area contributed by atoms with E-state index in [2.05, 4.69) is 22.2 Å². The van der Waals surface area contributed by atoms with E-state index in [4.69, 9.17) is 5.73 Å². The molecule has 3 N–H and O–H groups in total. The van der Waals surface area contributed by atoms with Crippen molar-refractivity contribution in [3.8, 4) is 0 Å². The largest absolute Gasteiger partial charge is 0.399 e. The van der Waals surface area contributed by atoms with E-state index in [-0.39, 0.29) is 48.7 Å². The fourth-order valence-corrected chi connectivity index (χ4v) is 4.37. The predicted octanol–water partition coefficient (Wildman–Crippen LogP) is 3.53. The van der Waals surface area contributed by atoms with Gasteiger partial charge in [-0.3, -0.25) is 9.69 Å². The molecule has 0 atom stereocenters. The number of piperidine rings is 2. The Kier molecular flexibility index (Phi) is 13.2. The van der Waals surface area contributed by atoms with E-state index in [0.29, 0.717) is 12.8 Å². The molecule has 2 aliphatic heterocycles. The van der Waals surface area contributed by atoms with Crippen molar-refractivity contribution in [1.29, 1.82) is 0 Å². The summed E-state index contributed by atoms with van der Waals surface area (Å²) in [6.07, 6.45) is 7.43. The van der Waals surface area contributed by atoms with Crippen LogP contribution in [-0.4, -0.2) is 61.0 Å². The number of rotatable bonds is 6. The maximum atomic E-state index is 12.5. The van der Waals surface area contributed by atoms with Crippen molar-refractivity contribution < 1.29 is 4.79 Å². The second kappa shape index (κ2) is 13.6. The second-order valence-electron chi connectivity index (χ2n) is 8.05. The summed E-state index contributed by atoms with van der Waals surface area (Å²) < 4.78 is 0. The van der Waals surface area contributed by atoms with Crippen molar-refractivity contribution in [3.63, 3.8) is 0 Å². The number of likely N-dealkylation sites (tertiary alicyclic amines) is 2. The van der Waals surface area contributed by atoms with E-state index in [1.165, 1.54) is 32.4 Å². The highest BCUT2D eigenvalue weighted by molar-refractivity contribution is 5.86. The molecule has 1 aromatic rings. The van der Waals surface area contributed by atoms with Crippen LogP contribution in [0.3, 0.4) is 0 Å². The van der Waals surface area contributed by atoms with Gasteiger partial charge in [-0.2, -0.15) is 0 Å². The third-order valence-electron chi connectivity index (χ3n) is 6.24. The molecule has 2 heterocycles. The zero-order valence-electron chi connectivity index (χ0n) is 17.4. The number of nitrogens with two attached hydrogens (primary N) is 1. The van der Waals surface area contributed by atoms with Crippen LogP contribution in [0.1, 0.15) is 44.1 Å². The Morgan fingerprint density at radius 1 is 1.03 bits per heavy atom. The fraction of sp³-hybridized carbons (Fsp3) is 0.667. The van der Waals surface area contributed by atoms with E-state index in [9.17, 15) is 4.79 Å². The summed E-state index contributed by atoms with van der Waals surface area (Å²) in [6, 6.07) is 7.82. The third-order valence-corrected chi connectivity index (χ3v) is 6.24. The topological polar surface area (TPSA) is 61.6 Å². The monoisotopic (exact) mass is 466 g/mol. The van der Waals surface area contributed by atoms with Crippen molar-refractivity contribution in [1.82, 2.24) is 15.1 Å². The fourth-order valence-electron chi connectivity index (χ4n) is 4.37. The van der Waals surface area contributed by atoms with Crippen LogP contribution in [0.15, 0.2) is 24.3 Å². The van der Waals surface area contributed by atoms with Gasteiger partial charge in [0.05, 0.1) is 0 Å². The molecule has 0 saturated carbocycles. The molecule has 2 aliphatic rings. The molecule has 2 saturated heterocycles. The molecule has 1 aromatic carbocycles. The second-order valence-corrected chi connectivity index (χ2v) is 8.05. The molecule has 8 heteroatoms. The lowest BCUT2D eigenvalue weighted by molar-refractivity contribution is -0.122. The van der Waals surface area contributed by atoms with Crippen molar-refractivity contribution in [3.05, 3.63) is 29.8 Å². The summed E-state index contributed by atoms with van der Waals surface area (Å²) in [5.41, 5.74) is 7.97. The molecule has 0 bridgehead atoms. The molecule has 0 spiro atoms. The molecule has 29 heavy (non-hydrogen) atoms.